The van der Waals surface area contributed by atoms with Crippen molar-refractivity contribution < 1.29 is 8.42 Å². The lowest BCUT2D eigenvalue weighted by molar-refractivity contribution is 0.604. The Morgan fingerprint density at radius 3 is 2.00 bits per heavy atom. The van der Waals surface area contributed by atoms with Crippen LogP contribution in [0.25, 0.3) is 0 Å². The fourth-order valence-corrected chi connectivity index (χ4v) is 0.856. The van der Waals surface area contributed by atoms with Gasteiger partial charge in [0.1, 0.15) is 0 Å². The molecule has 6 heteroatoms. The van der Waals surface area contributed by atoms with Gasteiger partial charge in [0.25, 0.3) is 10.0 Å². The normalized spacial score (nSPS) is 12.0. The van der Waals surface area contributed by atoms with E-state index in [0.717, 1.165) is 6.26 Å². The van der Waals surface area contributed by atoms with Gasteiger partial charge in [0.15, 0.2) is 8.24 Å². The average molecular weight is 192 g/mol. The van der Waals surface area contributed by atoms with Crippen molar-refractivity contribution in [1.82, 2.24) is 0 Å². The summed E-state index contributed by atoms with van der Waals surface area (Å²) in [6.45, 7) is 5.91. The number of sulfonamides is 1. The molecule has 0 aliphatic heterocycles. The Hall–Kier alpha value is -0.453. The smallest absolute Gasteiger partial charge is 0.259 e. The molecule has 0 aliphatic carbocycles. The quantitative estimate of drug-likeness (QED) is 0.483. The zero-order chi connectivity index (χ0) is 9.12. The van der Waals surface area contributed by atoms with Crippen molar-refractivity contribution >= 4 is 24.3 Å². The minimum atomic E-state index is -3.30. The highest BCUT2D eigenvalue weighted by atomic mass is 32.2. The van der Waals surface area contributed by atoms with Gasteiger partial charge in [0.2, 0.25) is 0 Å². The summed E-state index contributed by atoms with van der Waals surface area (Å²) < 4.78 is 27.9. The fraction of sp³-hybridized carbons (Fsp3) is 0.800. The van der Waals surface area contributed by atoms with Crippen LogP contribution in [0, 0.1) is 0 Å². The van der Waals surface area contributed by atoms with Crippen LogP contribution in [0.1, 0.15) is 0 Å². The lowest BCUT2D eigenvalue weighted by Gasteiger charge is -2.02. The first-order valence-electron chi connectivity index (χ1n) is 3.09. The lowest BCUT2D eigenvalue weighted by Crippen LogP contribution is -2.15. The Bertz CT molecular complexity index is 282. The molecule has 0 heterocycles. The standard InChI is InChI=1S/C5H12N2O2SSi/c1-10(8,9)6-5-7-11(2,3)4/h1-4H3. The Balaban J connectivity index is 4.51. The van der Waals surface area contributed by atoms with E-state index in [-0.39, 0.29) is 0 Å². The minimum Gasteiger partial charge on any atom is -0.266 e. The van der Waals surface area contributed by atoms with Gasteiger partial charge in [-0.05, 0) is 19.6 Å². The highest BCUT2D eigenvalue weighted by molar-refractivity contribution is 7.89. The van der Waals surface area contributed by atoms with E-state index in [1.165, 1.54) is 0 Å². The molecule has 4 nitrogen and oxygen atoms in total. The topological polar surface area (TPSA) is 58.9 Å². The average Bonchev–Trinajstić information content (AvgIpc) is 1.55. The summed E-state index contributed by atoms with van der Waals surface area (Å²) in [6, 6.07) is 2.19. The van der Waals surface area contributed by atoms with Crippen LogP contribution in [0.2, 0.25) is 19.6 Å². The SMILES string of the molecule is C[Si](C)(C)N=C=NS(C)(=O)=O. The second-order valence-corrected chi connectivity index (χ2v) is 9.42. The lowest BCUT2D eigenvalue weighted by atomic mass is 11.6. The van der Waals surface area contributed by atoms with Crippen LogP contribution in [0.3, 0.4) is 0 Å². The zero-order valence-electron chi connectivity index (χ0n) is 7.12. The molecule has 0 bridgehead atoms. The summed E-state index contributed by atoms with van der Waals surface area (Å²) in [4.78, 5) is 0. The van der Waals surface area contributed by atoms with Crippen LogP contribution in [0.4, 0.5) is 0 Å². The second kappa shape index (κ2) is 3.30. The van der Waals surface area contributed by atoms with Gasteiger partial charge in [-0.2, -0.15) is 0 Å². The van der Waals surface area contributed by atoms with Crippen molar-refractivity contribution in [3.05, 3.63) is 0 Å². The van der Waals surface area contributed by atoms with E-state index >= 15 is 0 Å². The van der Waals surface area contributed by atoms with Crippen molar-refractivity contribution in [2.45, 2.75) is 19.6 Å². The summed E-state index contributed by atoms with van der Waals surface area (Å²) in [6.07, 6.45) is 1.01. The Morgan fingerprint density at radius 2 is 1.73 bits per heavy atom. The first-order chi connectivity index (χ1) is 4.71. The zero-order valence-corrected chi connectivity index (χ0v) is 8.94. The Kier molecular flexibility index (Phi) is 3.16. The monoisotopic (exact) mass is 192 g/mol. The molecule has 0 N–H and O–H groups in total. The van der Waals surface area contributed by atoms with Crippen molar-refractivity contribution in [2.75, 3.05) is 6.26 Å². The van der Waals surface area contributed by atoms with Gasteiger partial charge in [0, 0.05) is 0 Å². The molecule has 0 unspecified atom stereocenters. The largest absolute Gasteiger partial charge is 0.266 e. The molecule has 0 radical (unpaired) electrons. The first-order valence-corrected chi connectivity index (χ1v) is 8.39. The third-order valence-electron chi connectivity index (χ3n) is 0.592. The number of hydrogen-bond donors (Lipinski definition) is 0. The van der Waals surface area contributed by atoms with Gasteiger partial charge in [-0.3, -0.25) is 4.66 Å². The third-order valence-corrected chi connectivity index (χ3v) is 1.78. The first kappa shape index (κ1) is 10.5. The van der Waals surface area contributed by atoms with E-state index in [1.54, 1.807) is 0 Å². The highest BCUT2D eigenvalue weighted by Crippen LogP contribution is 1.99. The fourth-order valence-electron chi connectivity index (χ4n) is 0.245. The molecule has 0 spiro atoms. The maximum Gasteiger partial charge on any atom is 0.259 e. The van der Waals surface area contributed by atoms with Gasteiger partial charge in [-0.1, -0.05) is 4.40 Å². The highest BCUT2D eigenvalue weighted by Gasteiger charge is 2.09. The summed E-state index contributed by atoms with van der Waals surface area (Å²) in [7, 11) is -4.91. The Labute approximate surface area is 68.2 Å². The van der Waals surface area contributed by atoms with Crippen molar-refractivity contribution in [2.24, 2.45) is 9.06 Å². The molecule has 0 saturated carbocycles. The van der Waals surface area contributed by atoms with Crippen LogP contribution in [-0.2, 0) is 10.0 Å². The Morgan fingerprint density at radius 1 is 1.27 bits per heavy atom. The maximum atomic E-state index is 10.4. The summed E-state index contributed by atoms with van der Waals surface area (Å²) >= 11 is 0. The van der Waals surface area contributed by atoms with E-state index in [9.17, 15) is 8.42 Å². The molecule has 0 atom stereocenters. The van der Waals surface area contributed by atoms with E-state index in [0.29, 0.717) is 0 Å². The number of hydrogen-bond acceptors (Lipinski definition) is 3. The van der Waals surface area contributed by atoms with Crippen LogP contribution >= 0.6 is 0 Å². The van der Waals surface area contributed by atoms with Gasteiger partial charge < -0.3 is 0 Å². The molecule has 0 rings (SSSR count). The van der Waals surface area contributed by atoms with E-state index in [4.69, 9.17) is 0 Å². The third kappa shape index (κ3) is 9.55. The van der Waals surface area contributed by atoms with E-state index in [1.807, 2.05) is 19.6 Å². The molecular weight excluding hydrogens is 180 g/mol. The molecular formula is C5H12N2O2SSi. The predicted octanol–water partition coefficient (Wildman–Crippen LogP) is 0.955. The molecule has 0 saturated heterocycles. The van der Waals surface area contributed by atoms with Gasteiger partial charge in [0.05, 0.1) is 12.3 Å². The van der Waals surface area contributed by atoms with Gasteiger partial charge >= 0.3 is 0 Å². The molecule has 64 valence electrons. The van der Waals surface area contributed by atoms with Gasteiger partial charge in [-0.25, -0.2) is 8.42 Å². The maximum absolute atomic E-state index is 10.4. The summed E-state index contributed by atoms with van der Waals surface area (Å²) in [5, 5.41) is 0. The molecule has 0 aromatic heterocycles. The molecule has 0 aromatic rings. The molecule has 0 fully saturated rings. The predicted molar refractivity (Wildman–Crippen MR) is 48.1 cm³/mol. The second-order valence-electron chi connectivity index (χ2n) is 3.21. The van der Waals surface area contributed by atoms with Crippen molar-refractivity contribution in [1.29, 1.82) is 0 Å². The van der Waals surface area contributed by atoms with E-state index < -0.39 is 18.3 Å². The number of nitrogens with zero attached hydrogens (tertiary/aromatic N) is 2. The summed E-state index contributed by atoms with van der Waals surface area (Å²) in [5.41, 5.74) is 0. The van der Waals surface area contributed by atoms with Crippen LogP contribution in [0.5, 0.6) is 0 Å². The molecule has 11 heavy (non-hydrogen) atoms. The van der Waals surface area contributed by atoms with Crippen molar-refractivity contribution in [3.63, 3.8) is 0 Å². The van der Waals surface area contributed by atoms with E-state index in [2.05, 4.69) is 15.1 Å². The molecule has 0 aromatic carbocycles. The van der Waals surface area contributed by atoms with Crippen LogP contribution in [-0.4, -0.2) is 28.9 Å². The van der Waals surface area contributed by atoms with Gasteiger partial charge in [-0.15, -0.1) is 0 Å². The number of rotatable bonds is 2. The van der Waals surface area contributed by atoms with Crippen LogP contribution in [0.15, 0.2) is 9.06 Å². The minimum absolute atomic E-state index is 1.01. The molecule has 0 amide bonds. The molecule has 0 aliphatic rings. The van der Waals surface area contributed by atoms with Crippen LogP contribution < -0.4 is 0 Å². The summed E-state index contributed by atoms with van der Waals surface area (Å²) in [5.74, 6) is 0. The van der Waals surface area contributed by atoms with Crippen molar-refractivity contribution in [3.8, 4) is 0 Å².